The SMILES string of the molecule is CC(C)CCN(c1cc(C(N)=O)c(N)cn1)C1CCCC1. The summed E-state index contributed by atoms with van der Waals surface area (Å²) in [6, 6.07) is 2.26. The van der Waals surface area contributed by atoms with Crippen molar-refractivity contribution in [2.75, 3.05) is 17.2 Å². The van der Waals surface area contributed by atoms with Gasteiger partial charge in [0.2, 0.25) is 0 Å². The molecule has 0 saturated heterocycles. The fourth-order valence-electron chi connectivity index (χ4n) is 2.92. The van der Waals surface area contributed by atoms with Crippen LogP contribution < -0.4 is 16.4 Å². The molecule has 0 aromatic carbocycles. The van der Waals surface area contributed by atoms with Crippen LogP contribution in [-0.2, 0) is 0 Å². The maximum atomic E-state index is 11.5. The van der Waals surface area contributed by atoms with E-state index in [1.807, 2.05) is 0 Å². The van der Waals surface area contributed by atoms with Gasteiger partial charge in [-0.3, -0.25) is 4.79 Å². The molecule has 4 N–H and O–H groups in total. The molecule has 1 aliphatic rings. The molecule has 0 spiro atoms. The third-order valence-corrected chi connectivity index (χ3v) is 4.19. The Morgan fingerprint density at radius 3 is 2.67 bits per heavy atom. The Kier molecular flexibility index (Phi) is 5.04. The quantitative estimate of drug-likeness (QED) is 0.843. The number of nitrogens with zero attached hydrogens (tertiary/aromatic N) is 2. The highest BCUT2D eigenvalue weighted by molar-refractivity contribution is 5.98. The summed E-state index contributed by atoms with van der Waals surface area (Å²) >= 11 is 0. The number of hydrogen-bond donors (Lipinski definition) is 2. The lowest BCUT2D eigenvalue weighted by Gasteiger charge is -2.31. The molecular weight excluding hydrogens is 264 g/mol. The molecule has 1 aromatic rings. The first kappa shape index (κ1) is 15.6. The van der Waals surface area contributed by atoms with Crippen LogP contribution in [0.15, 0.2) is 12.3 Å². The summed E-state index contributed by atoms with van der Waals surface area (Å²) in [4.78, 5) is 18.2. The third kappa shape index (κ3) is 3.86. The Morgan fingerprint density at radius 2 is 2.10 bits per heavy atom. The van der Waals surface area contributed by atoms with E-state index in [1.54, 1.807) is 12.3 Å². The third-order valence-electron chi connectivity index (χ3n) is 4.19. The first-order valence-electron chi connectivity index (χ1n) is 7.81. The monoisotopic (exact) mass is 290 g/mol. The molecule has 5 heteroatoms. The molecule has 2 rings (SSSR count). The van der Waals surface area contributed by atoms with Gasteiger partial charge < -0.3 is 16.4 Å². The maximum Gasteiger partial charge on any atom is 0.250 e. The van der Waals surface area contributed by atoms with Gasteiger partial charge in [-0.2, -0.15) is 0 Å². The van der Waals surface area contributed by atoms with Crippen LogP contribution in [0.25, 0.3) is 0 Å². The molecule has 1 aliphatic carbocycles. The summed E-state index contributed by atoms with van der Waals surface area (Å²) in [5.41, 5.74) is 11.9. The van der Waals surface area contributed by atoms with Crippen molar-refractivity contribution in [1.29, 1.82) is 0 Å². The zero-order chi connectivity index (χ0) is 15.4. The van der Waals surface area contributed by atoms with Gasteiger partial charge in [0.05, 0.1) is 17.4 Å². The van der Waals surface area contributed by atoms with Gasteiger partial charge in [-0.25, -0.2) is 4.98 Å². The molecule has 0 aliphatic heterocycles. The topological polar surface area (TPSA) is 85.2 Å². The fourth-order valence-corrected chi connectivity index (χ4v) is 2.92. The number of primary amides is 1. The lowest BCUT2D eigenvalue weighted by Crippen LogP contribution is -2.35. The van der Waals surface area contributed by atoms with E-state index in [0.717, 1.165) is 18.8 Å². The van der Waals surface area contributed by atoms with E-state index < -0.39 is 5.91 Å². The van der Waals surface area contributed by atoms with Crippen LogP contribution in [0.1, 0.15) is 56.3 Å². The van der Waals surface area contributed by atoms with E-state index in [0.29, 0.717) is 23.2 Å². The van der Waals surface area contributed by atoms with Gasteiger partial charge in [-0.1, -0.05) is 26.7 Å². The van der Waals surface area contributed by atoms with Gasteiger partial charge in [0.25, 0.3) is 5.91 Å². The van der Waals surface area contributed by atoms with E-state index in [9.17, 15) is 4.79 Å². The van der Waals surface area contributed by atoms with E-state index >= 15 is 0 Å². The summed E-state index contributed by atoms with van der Waals surface area (Å²) in [7, 11) is 0. The first-order valence-corrected chi connectivity index (χ1v) is 7.81. The number of hydrogen-bond acceptors (Lipinski definition) is 4. The maximum absolute atomic E-state index is 11.5. The lowest BCUT2D eigenvalue weighted by atomic mass is 10.1. The molecule has 1 fully saturated rings. The van der Waals surface area contributed by atoms with Crippen molar-refractivity contribution in [3.8, 4) is 0 Å². The predicted molar refractivity (Wildman–Crippen MR) is 86.2 cm³/mol. The molecule has 1 saturated carbocycles. The van der Waals surface area contributed by atoms with Gasteiger partial charge in [0, 0.05) is 12.6 Å². The molecular formula is C16H26N4O. The van der Waals surface area contributed by atoms with Crippen molar-refractivity contribution in [3.63, 3.8) is 0 Å². The van der Waals surface area contributed by atoms with Crippen LogP contribution in [0.4, 0.5) is 11.5 Å². The summed E-state index contributed by atoms with van der Waals surface area (Å²) < 4.78 is 0. The van der Waals surface area contributed by atoms with Crippen LogP contribution in [0.3, 0.4) is 0 Å². The summed E-state index contributed by atoms with van der Waals surface area (Å²) in [6.45, 7) is 5.40. The molecule has 0 atom stereocenters. The van der Waals surface area contributed by atoms with Crippen molar-refractivity contribution >= 4 is 17.4 Å². The normalized spacial score (nSPS) is 15.6. The number of nitrogens with two attached hydrogens (primary N) is 2. The minimum atomic E-state index is -0.494. The zero-order valence-electron chi connectivity index (χ0n) is 13.0. The summed E-state index contributed by atoms with van der Waals surface area (Å²) in [5, 5.41) is 0. The average Bonchev–Trinajstić information content (AvgIpc) is 2.94. The minimum absolute atomic E-state index is 0.349. The van der Waals surface area contributed by atoms with Gasteiger partial charge in [-0.15, -0.1) is 0 Å². The number of rotatable bonds is 6. The molecule has 0 bridgehead atoms. The van der Waals surface area contributed by atoms with Crippen molar-refractivity contribution in [2.45, 2.75) is 52.0 Å². The van der Waals surface area contributed by atoms with E-state index in [-0.39, 0.29) is 0 Å². The number of anilines is 2. The Labute approximate surface area is 126 Å². The predicted octanol–water partition coefficient (Wildman–Crippen LogP) is 2.56. The Morgan fingerprint density at radius 1 is 1.43 bits per heavy atom. The van der Waals surface area contributed by atoms with Crippen LogP contribution in [-0.4, -0.2) is 23.5 Å². The second kappa shape index (κ2) is 6.78. The summed E-state index contributed by atoms with van der Waals surface area (Å²) in [6.07, 6.45) is 7.56. The molecule has 116 valence electrons. The van der Waals surface area contributed by atoms with Crippen LogP contribution in [0.5, 0.6) is 0 Å². The first-order chi connectivity index (χ1) is 9.99. The van der Waals surface area contributed by atoms with E-state index in [1.165, 1.54) is 25.7 Å². The van der Waals surface area contributed by atoms with Crippen LogP contribution in [0.2, 0.25) is 0 Å². The molecule has 5 nitrogen and oxygen atoms in total. The largest absolute Gasteiger partial charge is 0.397 e. The smallest absolute Gasteiger partial charge is 0.250 e. The highest BCUT2D eigenvalue weighted by Gasteiger charge is 2.24. The molecule has 1 heterocycles. The molecule has 0 unspecified atom stereocenters. The van der Waals surface area contributed by atoms with Gasteiger partial charge >= 0.3 is 0 Å². The minimum Gasteiger partial charge on any atom is -0.397 e. The zero-order valence-corrected chi connectivity index (χ0v) is 13.0. The van der Waals surface area contributed by atoms with Crippen molar-refractivity contribution in [2.24, 2.45) is 11.7 Å². The van der Waals surface area contributed by atoms with Gasteiger partial charge in [0.1, 0.15) is 5.82 Å². The standard InChI is InChI=1S/C16H26N4O/c1-11(2)7-8-20(12-5-3-4-6-12)15-9-13(16(18)21)14(17)10-19-15/h9-12H,3-8,17H2,1-2H3,(H2,18,21). The number of pyridine rings is 1. The Balaban J connectivity index is 2.26. The van der Waals surface area contributed by atoms with Gasteiger partial charge in [0.15, 0.2) is 0 Å². The lowest BCUT2D eigenvalue weighted by molar-refractivity contribution is 0.100. The number of carbonyl (C=O) groups is 1. The molecule has 1 aromatic heterocycles. The van der Waals surface area contributed by atoms with Crippen molar-refractivity contribution in [1.82, 2.24) is 4.98 Å². The van der Waals surface area contributed by atoms with Crippen molar-refractivity contribution in [3.05, 3.63) is 17.8 Å². The second-order valence-electron chi connectivity index (χ2n) is 6.31. The average molecular weight is 290 g/mol. The molecule has 1 amide bonds. The highest BCUT2D eigenvalue weighted by Crippen LogP contribution is 2.29. The molecule has 0 radical (unpaired) electrons. The Bertz CT molecular complexity index is 495. The number of aromatic nitrogens is 1. The summed E-state index contributed by atoms with van der Waals surface area (Å²) in [5.74, 6) is 0.968. The van der Waals surface area contributed by atoms with Crippen molar-refractivity contribution < 1.29 is 4.79 Å². The number of carbonyl (C=O) groups excluding carboxylic acids is 1. The van der Waals surface area contributed by atoms with Gasteiger partial charge in [-0.05, 0) is 31.2 Å². The number of amides is 1. The fraction of sp³-hybridized carbons (Fsp3) is 0.625. The van der Waals surface area contributed by atoms with E-state index in [4.69, 9.17) is 11.5 Å². The van der Waals surface area contributed by atoms with Crippen LogP contribution >= 0.6 is 0 Å². The Hall–Kier alpha value is -1.78. The van der Waals surface area contributed by atoms with E-state index in [2.05, 4.69) is 23.7 Å². The number of nitrogen functional groups attached to an aromatic ring is 1. The van der Waals surface area contributed by atoms with Crippen LogP contribution in [0, 0.1) is 5.92 Å². The highest BCUT2D eigenvalue weighted by atomic mass is 16.1. The second-order valence-corrected chi connectivity index (χ2v) is 6.31. The molecule has 21 heavy (non-hydrogen) atoms.